The van der Waals surface area contributed by atoms with Crippen LogP contribution in [0.25, 0.3) is 0 Å². The van der Waals surface area contributed by atoms with Crippen molar-refractivity contribution >= 4 is 17.8 Å². The molecule has 7 nitrogen and oxygen atoms in total. The van der Waals surface area contributed by atoms with E-state index in [0.717, 1.165) is 0 Å². The average molecular weight is 335 g/mol. The maximum atomic E-state index is 12.0. The van der Waals surface area contributed by atoms with Gasteiger partial charge in [0.05, 0.1) is 11.1 Å². The minimum Gasteiger partial charge on any atom is -0.435 e. The van der Waals surface area contributed by atoms with Gasteiger partial charge in [-0.05, 0) is 42.0 Å². The van der Waals surface area contributed by atoms with Gasteiger partial charge in [-0.15, -0.1) is 0 Å². The molecule has 1 amide bonds. The van der Waals surface area contributed by atoms with E-state index in [-0.39, 0.29) is 17.0 Å². The van der Waals surface area contributed by atoms with Gasteiger partial charge in [0, 0.05) is 17.7 Å². The van der Waals surface area contributed by atoms with Gasteiger partial charge in [-0.3, -0.25) is 14.9 Å². The monoisotopic (exact) mass is 335 g/mol. The molecule has 24 heavy (non-hydrogen) atoms. The van der Waals surface area contributed by atoms with E-state index >= 15 is 0 Å². The first kappa shape index (κ1) is 17.0. The molecule has 124 valence electrons. The van der Waals surface area contributed by atoms with Crippen LogP contribution in [0.2, 0.25) is 0 Å². The summed E-state index contributed by atoms with van der Waals surface area (Å²) in [6.45, 7) is -2.90. The van der Waals surface area contributed by atoms with E-state index in [9.17, 15) is 23.7 Å². The maximum absolute atomic E-state index is 12.0. The number of halogens is 2. The van der Waals surface area contributed by atoms with Crippen molar-refractivity contribution in [3.8, 4) is 5.75 Å². The summed E-state index contributed by atoms with van der Waals surface area (Å²) in [5, 5.41) is 14.2. The van der Waals surface area contributed by atoms with E-state index in [2.05, 4.69) is 15.3 Å². The predicted molar refractivity (Wildman–Crippen MR) is 81.2 cm³/mol. The molecule has 0 spiro atoms. The molecule has 0 aliphatic rings. The molecule has 0 heterocycles. The van der Waals surface area contributed by atoms with Crippen LogP contribution in [0.4, 0.5) is 14.5 Å². The summed E-state index contributed by atoms with van der Waals surface area (Å²) in [7, 11) is 0. The van der Waals surface area contributed by atoms with Crippen LogP contribution < -0.4 is 10.2 Å². The first-order valence-corrected chi connectivity index (χ1v) is 6.58. The van der Waals surface area contributed by atoms with Crippen LogP contribution in [0.1, 0.15) is 15.9 Å². The number of hydrogen-bond donors (Lipinski definition) is 1. The quantitative estimate of drug-likeness (QED) is 0.499. The summed E-state index contributed by atoms with van der Waals surface area (Å²) in [5.41, 5.74) is 2.89. The van der Waals surface area contributed by atoms with Gasteiger partial charge in [0.25, 0.3) is 11.6 Å². The number of hydrazone groups is 1. The second-order valence-corrected chi connectivity index (χ2v) is 4.45. The zero-order valence-corrected chi connectivity index (χ0v) is 12.1. The Balaban J connectivity index is 1.93. The number of rotatable bonds is 6. The summed E-state index contributed by atoms with van der Waals surface area (Å²) in [4.78, 5) is 21.8. The molecule has 0 atom stereocenters. The highest BCUT2D eigenvalue weighted by molar-refractivity contribution is 5.95. The van der Waals surface area contributed by atoms with Crippen LogP contribution in [-0.2, 0) is 0 Å². The Bertz CT molecular complexity index is 746. The van der Waals surface area contributed by atoms with Crippen LogP contribution in [0.5, 0.6) is 5.75 Å². The van der Waals surface area contributed by atoms with Gasteiger partial charge in [-0.1, -0.05) is 0 Å². The number of nitro benzene ring substituents is 1. The van der Waals surface area contributed by atoms with Gasteiger partial charge in [0.1, 0.15) is 5.75 Å². The molecule has 2 rings (SSSR count). The van der Waals surface area contributed by atoms with E-state index in [0.29, 0.717) is 5.56 Å². The van der Waals surface area contributed by atoms with Crippen LogP contribution in [0.15, 0.2) is 53.6 Å². The van der Waals surface area contributed by atoms with Gasteiger partial charge >= 0.3 is 6.61 Å². The van der Waals surface area contributed by atoms with Gasteiger partial charge in [0.2, 0.25) is 0 Å². The zero-order chi connectivity index (χ0) is 17.5. The number of nitrogens with one attached hydrogen (secondary N) is 1. The molecule has 0 aliphatic heterocycles. The molecule has 0 bridgehead atoms. The number of alkyl halides is 2. The lowest BCUT2D eigenvalue weighted by atomic mass is 10.2. The number of non-ortho nitro benzene ring substituents is 1. The molecule has 0 radical (unpaired) electrons. The molecule has 1 N–H and O–H groups in total. The second-order valence-electron chi connectivity index (χ2n) is 4.45. The lowest BCUT2D eigenvalue weighted by molar-refractivity contribution is -0.384. The number of hydrogen-bond acceptors (Lipinski definition) is 5. The summed E-state index contributed by atoms with van der Waals surface area (Å²) in [6.07, 6.45) is 1.31. The van der Waals surface area contributed by atoms with Gasteiger partial charge in [-0.25, -0.2) is 5.43 Å². The zero-order valence-electron chi connectivity index (χ0n) is 12.1. The van der Waals surface area contributed by atoms with Crippen molar-refractivity contribution in [2.75, 3.05) is 0 Å². The van der Waals surface area contributed by atoms with Crippen LogP contribution >= 0.6 is 0 Å². The van der Waals surface area contributed by atoms with E-state index in [1.54, 1.807) is 0 Å². The molecule has 2 aromatic rings. The number of carbonyl (C=O) groups excluding carboxylic acids is 1. The maximum Gasteiger partial charge on any atom is 0.387 e. The van der Waals surface area contributed by atoms with Crippen molar-refractivity contribution in [1.82, 2.24) is 5.43 Å². The number of nitrogens with zero attached hydrogens (tertiary/aromatic N) is 2. The highest BCUT2D eigenvalue weighted by atomic mass is 19.3. The van der Waals surface area contributed by atoms with E-state index in [1.165, 1.54) is 54.7 Å². The normalized spacial score (nSPS) is 10.8. The summed E-state index contributed by atoms with van der Waals surface area (Å²) >= 11 is 0. The Hall–Kier alpha value is -3.36. The third kappa shape index (κ3) is 4.83. The minimum absolute atomic E-state index is 0.0112. The topological polar surface area (TPSA) is 93.8 Å². The van der Waals surface area contributed by atoms with Crippen LogP contribution in [0.3, 0.4) is 0 Å². The lowest BCUT2D eigenvalue weighted by Gasteiger charge is -2.03. The van der Waals surface area contributed by atoms with Crippen molar-refractivity contribution in [1.29, 1.82) is 0 Å². The molecule has 0 aromatic heterocycles. The summed E-state index contributed by atoms with van der Waals surface area (Å²) < 4.78 is 28.2. The van der Waals surface area contributed by atoms with Crippen molar-refractivity contribution in [2.24, 2.45) is 5.10 Å². The predicted octanol–water partition coefficient (Wildman–Crippen LogP) is 2.96. The first-order chi connectivity index (χ1) is 11.5. The number of nitro groups is 1. The lowest BCUT2D eigenvalue weighted by Crippen LogP contribution is -2.17. The first-order valence-electron chi connectivity index (χ1n) is 6.58. The fourth-order valence-corrected chi connectivity index (χ4v) is 1.70. The molecule has 0 aliphatic carbocycles. The highest BCUT2D eigenvalue weighted by Gasteiger charge is 2.08. The fraction of sp³-hybridized carbons (Fsp3) is 0.0667. The smallest absolute Gasteiger partial charge is 0.387 e. The van der Waals surface area contributed by atoms with Gasteiger partial charge in [-0.2, -0.15) is 13.9 Å². The minimum atomic E-state index is -2.90. The molecule has 0 fully saturated rings. The third-order valence-corrected chi connectivity index (χ3v) is 2.83. The van der Waals surface area contributed by atoms with Crippen LogP contribution in [0, 0.1) is 10.1 Å². The van der Waals surface area contributed by atoms with E-state index < -0.39 is 17.4 Å². The number of ether oxygens (including phenoxy) is 1. The molecule has 9 heteroatoms. The molecule has 0 unspecified atom stereocenters. The second kappa shape index (κ2) is 7.77. The molecule has 0 saturated heterocycles. The van der Waals surface area contributed by atoms with Crippen molar-refractivity contribution < 1.29 is 23.2 Å². The fourth-order valence-electron chi connectivity index (χ4n) is 1.70. The van der Waals surface area contributed by atoms with Crippen molar-refractivity contribution in [3.63, 3.8) is 0 Å². The largest absolute Gasteiger partial charge is 0.435 e. The number of amides is 1. The van der Waals surface area contributed by atoms with E-state index in [1.807, 2.05) is 0 Å². The molecular weight excluding hydrogens is 324 g/mol. The Labute approximate surface area is 134 Å². The van der Waals surface area contributed by atoms with Gasteiger partial charge < -0.3 is 4.74 Å². The SMILES string of the molecule is O=C(N/N=C\c1ccc(OC(F)F)cc1)c1ccc([N+](=O)[O-])cc1. The third-order valence-electron chi connectivity index (χ3n) is 2.83. The van der Waals surface area contributed by atoms with Crippen LogP contribution in [-0.4, -0.2) is 23.7 Å². The number of carbonyl (C=O) groups is 1. The Morgan fingerprint density at radius 3 is 2.33 bits per heavy atom. The van der Waals surface area contributed by atoms with Crippen molar-refractivity contribution in [2.45, 2.75) is 6.61 Å². The van der Waals surface area contributed by atoms with Crippen molar-refractivity contribution in [3.05, 3.63) is 69.8 Å². The van der Waals surface area contributed by atoms with Gasteiger partial charge in [0.15, 0.2) is 0 Å². The summed E-state index contributed by atoms with van der Waals surface area (Å²) in [6, 6.07) is 10.7. The molecule has 2 aromatic carbocycles. The highest BCUT2D eigenvalue weighted by Crippen LogP contribution is 2.14. The molecular formula is C15H11F2N3O4. The summed E-state index contributed by atoms with van der Waals surface area (Å²) in [5.74, 6) is -0.532. The Morgan fingerprint density at radius 2 is 1.79 bits per heavy atom. The standard InChI is InChI=1S/C15H11F2N3O4/c16-15(17)24-13-7-1-10(2-8-13)9-18-19-14(21)11-3-5-12(6-4-11)20(22)23/h1-9,15H,(H,19,21)/b18-9-. The number of benzene rings is 2. The Kier molecular flexibility index (Phi) is 5.50. The molecule has 0 saturated carbocycles. The van der Waals surface area contributed by atoms with E-state index in [4.69, 9.17) is 0 Å². The average Bonchev–Trinajstić information content (AvgIpc) is 2.56. The Morgan fingerprint density at radius 1 is 1.17 bits per heavy atom.